The summed E-state index contributed by atoms with van der Waals surface area (Å²) < 4.78 is 0.187. The first kappa shape index (κ1) is 39.1. The highest BCUT2D eigenvalue weighted by Crippen LogP contribution is 2.22. The van der Waals surface area contributed by atoms with Gasteiger partial charge in [-0.3, -0.25) is 9.59 Å². The number of nitrogens with zero attached hydrogens (tertiary/aromatic N) is 1. The smallest absolute Gasteiger partial charge is 0.311 e. The molecule has 0 aromatic heterocycles. The van der Waals surface area contributed by atoms with Gasteiger partial charge in [0, 0.05) is 11.9 Å². The standard InChI is InChI=1S/C34H63NO6/c1-5-6-7-8-9-10-11-12-13-14-15-16-17-18-19-20-21-22-23-24-25-35(26-29(2)32(36)37,27-30(3)33(38)39)28-31(4)34(40)41/h8-9,29-31H,5-7,10-28H2,1-4H3,(H2-,36,37,38,39,40,41)/b9-8+. The first-order valence-electron chi connectivity index (χ1n) is 16.7. The predicted molar refractivity (Wildman–Crippen MR) is 165 cm³/mol. The number of allylic oxidation sites excluding steroid dienone is 2. The van der Waals surface area contributed by atoms with E-state index in [1.165, 1.54) is 96.3 Å². The molecular weight excluding hydrogens is 518 g/mol. The lowest BCUT2D eigenvalue weighted by Crippen LogP contribution is -2.58. The van der Waals surface area contributed by atoms with Crippen LogP contribution in [0.2, 0.25) is 0 Å². The normalized spacial score (nSPS) is 15.4. The fraction of sp³-hybridized carbons (Fsp3) is 0.853. The Kier molecular flexibility index (Phi) is 23.5. The van der Waals surface area contributed by atoms with Gasteiger partial charge in [0.25, 0.3) is 0 Å². The van der Waals surface area contributed by atoms with E-state index in [2.05, 4.69) is 19.1 Å². The van der Waals surface area contributed by atoms with Gasteiger partial charge in [0.05, 0.1) is 26.2 Å². The molecule has 0 saturated heterocycles. The van der Waals surface area contributed by atoms with Crippen molar-refractivity contribution in [2.24, 2.45) is 17.8 Å². The van der Waals surface area contributed by atoms with Gasteiger partial charge >= 0.3 is 11.9 Å². The molecule has 0 bridgehead atoms. The second-order valence-corrected chi connectivity index (χ2v) is 12.7. The second-order valence-electron chi connectivity index (χ2n) is 12.7. The molecule has 0 fully saturated rings. The zero-order valence-corrected chi connectivity index (χ0v) is 26.9. The topological polar surface area (TPSA) is 115 Å². The Balaban J connectivity index is 4.23. The Morgan fingerprint density at radius 1 is 0.585 bits per heavy atom. The number of carbonyl (C=O) groups is 3. The number of unbranched alkanes of at least 4 members (excludes halogenated alkanes) is 16. The summed E-state index contributed by atoms with van der Waals surface area (Å²) in [7, 11) is 0. The fourth-order valence-corrected chi connectivity index (χ4v) is 5.86. The van der Waals surface area contributed by atoms with Gasteiger partial charge in [-0.25, -0.2) is 0 Å². The van der Waals surface area contributed by atoms with Gasteiger partial charge in [-0.2, -0.15) is 0 Å². The largest absolute Gasteiger partial charge is 0.550 e. The highest BCUT2D eigenvalue weighted by Gasteiger charge is 2.36. The van der Waals surface area contributed by atoms with E-state index in [4.69, 9.17) is 0 Å². The summed E-state index contributed by atoms with van der Waals surface area (Å²) in [6.45, 7) is 8.24. The van der Waals surface area contributed by atoms with Crippen LogP contribution in [0.3, 0.4) is 0 Å². The van der Waals surface area contributed by atoms with Crippen LogP contribution < -0.4 is 5.11 Å². The molecule has 0 aromatic carbocycles. The van der Waals surface area contributed by atoms with Crippen LogP contribution in [0.15, 0.2) is 12.2 Å². The van der Waals surface area contributed by atoms with Crippen molar-refractivity contribution >= 4 is 17.9 Å². The van der Waals surface area contributed by atoms with Gasteiger partial charge < -0.3 is 24.6 Å². The summed E-state index contributed by atoms with van der Waals surface area (Å²) in [5.41, 5.74) is 0. The first-order valence-corrected chi connectivity index (χ1v) is 16.7. The number of aliphatic carboxylic acids is 3. The molecule has 0 spiro atoms. The number of carbonyl (C=O) groups excluding carboxylic acids is 1. The maximum absolute atomic E-state index is 11.6. The molecule has 0 heterocycles. The minimum absolute atomic E-state index is 0.187. The van der Waals surface area contributed by atoms with Crippen LogP contribution in [0.4, 0.5) is 0 Å². The van der Waals surface area contributed by atoms with Gasteiger partial charge in [0.2, 0.25) is 0 Å². The number of quaternary nitrogens is 1. The molecule has 0 aliphatic heterocycles. The van der Waals surface area contributed by atoms with E-state index in [-0.39, 0.29) is 24.1 Å². The van der Waals surface area contributed by atoms with Crippen molar-refractivity contribution in [3.63, 3.8) is 0 Å². The molecule has 0 aromatic rings. The molecule has 0 saturated carbocycles. The van der Waals surface area contributed by atoms with Crippen LogP contribution in [-0.4, -0.2) is 58.8 Å². The Hall–Kier alpha value is -1.89. The van der Waals surface area contributed by atoms with Crippen LogP contribution in [0.25, 0.3) is 0 Å². The number of hydrogen-bond donors (Lipinski definition) is 2. The predicted octanol–water partition coefficient (Wildman–Crippen LogP) is 7.23. The quantitative estimate of drug-likeness (QED) is 0.0547. The number of rotatable bonds is 29. The van der Waals surface area contributed by atoms with Crippen LogP contribution >= 0.6 is 0 Å². The van der Waals surface area contributed by atoms with Crippen LogP contribution in [0, 0.1) is 17.8 Å². The van der Waals surface area contributed by atoms with Gasteiger partial charge in [-0.05, 0) is 46.0 Å². The van der Waals surface area contributed by atoms with E-state index in [1.807, 2.05) is 0 Å². The van der Waals surface area contributed by atoms with E-state index < -0.39 is 35.7 Å². The van der Waals surface area contributed by atoms with Crippen LogP contribution in [0.1, 0.15) is 143 Å². The maximum atomic E-state index is 11.6. The lowest BCUT2D eigenvalue weighted by Gasteiger charge is -2.43. The lowest BCUT2D eigenvalue weighted by atomic mass is 10.00. The molecular formula is C34H63NO6. The maximum Gasteiger partial charge on any atom is 0.311 e. The number of carboxylic acid groups (broad SMARTS) is 3. The minimum atomic E-state index is -1.18. The fourth-order valence-electron chi connectivity index (χ4n) is 5.86. The van der Waals surface area contributed by atoms with Crippen molar-refractivity contribution in [2.45, 2.75) is 143 Å². The molecule has 2 N–H and O–H groups in total. The second kappa shape index (κ2) is 24.7. The van der Waals surface area contributed by atoms with Gasteiger partial charge in [-0.15, -0.1) is 0 Å². The van der Waals surface area contributed by atoms with Crippen molar-refractivity contribution in [1.29, 1.82) is 0 Å². The molecule has 0 amide bonds. The van der Waals surface area contributed by atoms with Gasteiger partial charge in [-0.1, -0.05) is 109 Å². The molecule has 0 rings (SSSR count). The van der Waals surface area contributed by atoms with E-state index in [1.54, 1.807) is 20.8 Å². The molecule has 3 atom stereocenters. The molecule has 240 valence electrons. The van der Waals surface area contributed by atoms with Gasteiger partial charge in [0.15, 0.2) is 0 Å². The van der Waals surface area contributed by atoms with Crippen molar-refractivity contribution in [3.05, 3.63) is 12.2 Å². The molecule has 7 heteroatoms. The highest BCUT2D eigenvalue weighted by atomic mass is 16.4. The van der Waals surface area contributed by atoms with Crippen molar-refractivity contribution in [3.8, 4) is 0 Å². The average Bonchev–Trinajstić information content (AvgIpc) is 2.91. The highest BCUT2D eigenvalue weighted by molar-refractivity contribution is 5.70. The summed E-state index contributed by atoms with van der Waals surface area (Å²) >= 11 is 0. The summed E-state index contributed by atoms with van der Waals surface area (Å²) in [5, 5.41) is 30.5. The van der Waals surface area contributed by atoms with Crippen molar-refractivity contribution in [2.75, 3.05) is 26.2 Å². The third kappa shape index (κ3) is 21.5. The third-order valence-corrected chi connectivity index (χ3v) is 8.37. The minimum Gasteiger partial charge on any atom is -0.550 e. The Labute approximate surface area is 251 Å². The number of hydrogen-bond acceptors (Lipinski definition) is 4. The summed E-state index contributed by atoms with van der Waals surface area (Å²) in [6.07, 6.45) is 27.0. The molecule has 7 nitrogen and oxygen atoms in total. The molecule has 3 unspecified atom stereocenters. The average molecular weight is 582 g/mol. The number of carboxylic acids is 3. The van der Waals surface area contributed by atoms with Crippen LogP contribution in [-0.2, 0) is 14.4 Å². The molecule has 0 aliphatic carbocycles. The third-order valence-electron chi connectivity index (χ3n) is 8.37. The zero-order chi connectivity index (χ0) is 30.9. The van der Waals surface area contributed by atoms with E-state index in [0.29, 0.717) is 6.54 Å². The summed E-state index contributed by atoms with van der Waals surface area (Å²) in [5.74, 6) is -5.23. The van der Waals surface area contributed by atoms with Crippen molar-refractivity contribution in [1.82, 2.24) is 0 Å². The summed E-state index contributed by atoms with van der Waals surface area (Å²) in [4.78, 5) is 34.8. The first-order chi connectivity index (χ1) is 19.5. The zero-order valence-electron chi connectivity index (χ0n) is 26.9. The molecule has 0 aliphatic rings. The SMILES string of the molecule is CCCC/C=C/CCCCCCCCCCCCCCCC[N+](CC(C)C(=O)[O-])(CC(C)C(=O)O)CC(C)C(=O)O. The monoisotopic (exact) mass is 581 g/mol. The van der Waals surface area contributed by atoms with E-state index >= 15 is 0 Å². The Bertz CT molecular complexity index is 667. The van der Waals surface area contributed by atoms with E-state index in [9.17, 15) is 29.7 Å². The Morgan fingerprint density at radius 2 is 0.927 bits per heavy atom. The van der Waals surface area contributed by atoms with Crippen LogP contribution in [0.5, 0.6) is 0 Å². The Morgan fingerprint density at radius 3 is 1.29 bits per heavy atom. The molecule has 0 radical (unpaired) electrons. The van der Waals surface area contributed by atoms with Gasteiger partial charge in [0.1, 0.15) is 11.8 Å². The lowest BCUT2D eigenvalue weighted by molar-refractivity contribution is -0.934. The molecule has 41 heavy (non-hydrogen) atoms. The van der Waals surface area contributed by atoms with E-state index in [0.717, 1.165) is 19.3 Å². The summed E-state index contributed by atoms with van der Waals surface area (Å²) in [6, 6.07) is 0. The van der Waals surface area contributed by atoms with Crippen molar-refractivity contribution < 1.29 is 34.2 Å².